The van der Waals surface area contributed by atoms with E-state index in [4.69, 9.17) is 0 Å². The molecule has 1 aliphatic rings. The predicted molar refractivity (Wildman–Crippen MR) is 164 cm³/mol. The molecule has 13 heteroatoms. The van der Waals surface area contributed by atoms with Crippen molar-refractivity contribution in [1.82, 2.24) is 30.4 Å². The number of fused-ring (bicyclic) bond motifs is 1. The van der Waals surface area contributed by atoms with E-state index in [1.165, 1.54) is 21.6 Å². The van der Waals surface area contributed by atoms with Gasteiger partial charge in [0.15, 0.2) is 11.6 Å². The Morgan fingerprint density at radius 2 is 1.71 bits per heavy atom. The Kier molecular flexibility index (Phi) is 11.4. The summed E-state index contributed by atoms with van der Waals surface area (Å²) in [5.41, 5.74) is 1.07. The molecule has 0 saturated heterocycles. The SMILES string of the molecule is CC[C@H](C)[C@@H]1NC(=O)CCCN(C(=O)Cc2cccc(F)c2F)CCCNC(=O)c2ccc3[nH]c(=O)n(c3c2)CCCNC1=O. The second-order valence-electron chi connectivity index (χ2n) is 11.4. The summed E-state index contributed by atoms with van der Waals surface area (Å²) in [4.78, 5) is 69.0. The lowest BCUT2D eigenvalue weighted by Crippen LogP contribution is -2.50. The van der Waals surface area contributed by atoms with Gasteiger partial charge >= 0.3 is 5.69 Å². The van der Waals surface area contributed by atoms with Crippen LogP contribution in [0.2, 0.25) is 0 Å². The fourth-order valence-corrected chi connectivity index (χ4v) is 5.35. The molecule has 45 heavy (non-hydrogen) atoms. The molecule has 4 amide bonds. The average Bonchev–Trinajstić information content (AvgIpc) is 3.34. The van der Waals surface area contributed by atoms with Crippen LogP contribution >= 0.6 is 0 Å². The second-order valence-corrected chi connectivity index (χ2v) is 11.4. The van der Waals surface area contributed by atoms with E-state index in [0.717, 1.165) is 6.07 Å². The van der Waals surface area contributed by atoms with Crippen LogP contribution < -0.4 is 21.6 Å². The molecule has 1 aromatic heterocycles. The smallest absolute Gasteiger partial charge is 0.326 e. The summed E-state index contributed by atoms with van der Waals surface area (Å²) in [5, 5.41) is 8.50. The molecule has 0 radical (unpaired) electrons. The molecule has 2 heterocycles. The molecular formula is C32H40F2N6O5. The first-order chi connectivity index (χ1) is 21.6. The summed E-state index contributed by atoms with van der Waals surface area (Å²) >= 11 is 0. The maximum atomic E-state index is 14.3. The third kappa shape index (κ3) is 8.55. The van der Waals surface area contributed by atoms with Crippen LogP contribution in [-0.4, -0.2) is 70.3 Å². The van der Waals surface area contributed by atoms with E-state index in [-0.39, 0.29) is 80.3 Å². The van der Waals surface area contributed by atoms with Crippen LogP contribution in [0.3, 0.4) is 0 Å². The Bertz CT molecular complexity index is 1600. The van der Waals surface area contributed by atoms with Crippen LogP contribution in [-0.2, 0) is 27.3 Å². The number of halogens is 2. The molecule has 0 spiro atoms. The Balaban J connectivity index is 1.54. The zero-order chi connectivity index (χ0) is 32.5. The van der Waals surface area contributed by atoms with E-state index in [1.807, 2.05) is 13.8 Å². The summed E-state index contributed by atoms with van der Waals surface area (Å²) < 4.78 is 29.6. The largest absolute Gasteiger partial charge is 0.354 e. The van der Waals surface area contributed by atoms with Crippen molar-refractivity contribution >= 4 is 34.7 Å². The Labute approximate surface area is 259 Å². The van der Waals surface area contributed by atoms with E-state index >= 15 is 0 Å². The maximum Gasteiger partial charge on any atom is 0.326 e. The van der Waals surface area contributed by atoms with Crippen molar-refractivity contribution in [1.29, 1.82) is 0 Å². The van der Waals surface area contributed by atoms with Gasteiger partial charge in [0.2, 0.25) is 17.7 Å². The van der Waals surface area contributed by atoms with Crippen molar-refractivity contribution in [3.8, 4) is 0 Å². The highest BCUT2D eigenvalue weighted by molar-refractivity contribution is 5.97. The molecule has 2 aromatic carbocycles. The Morgan fingerprint density at radius 1 is 0.978 bits per heavy atom. The molecule has 1 aliphatic heterocycles. The van der Waals surface area contributed by atoms with Gasteiger partial charge in [0, 0.05) is 50.3 Å². The Morgan fingerprint density at radius 3 is 2.49 bits per heavy atom. The van der Waals surface area contributed by atoms with Gasteiger partial charge in [0.1, 0.15) is 6.04 Å². The highest BCUT2D eigenvalue weighted by Crippen LogP contribution is 2.16. The number of amides is 4. The second kappa shape index (κ2) is 15.4. The van der Waals surface area contributed by atoms with Gasteiger partial charge < -0.3 is 25.8 Å². The van der Waals surface area contributed by atoms with E-state index in [2.05, 4.69) is 20.9 Å². The zero-order valence-corrected chi connectivity index (χ0v) is 25.6. The van der Waals surface area contributed by atoms with Crippen LogP contribution in [0.25, 0.3) is 11.0 Å². The first kappa shape index (κ1) is 33.3. The number of aromatic amines is 1. The molecule has 0 fully saturated rings. The first-order valence-electron chi connectivity index (χ1n) is 15.4. The molecule has 3 aromatic rings. The number of hydrogen-bond acceptors (Lipinski definition) is 5. The number of H-pyrrole nitrogens is 1. The number of rotatable bonds is 4. The topological polar surface area (TPSA) is 145 Å². The third-order valence-electron chi connectivity index (χ3n) is 8.16. The van der Waals surface area contributed by atoms with Crippen LogP contribution in [0.5, 0.6) is 0 Å². The van der Waals surface area contributed by atoms with Crippen LogP contribution in [0.1, 0.15) is 61.9 Å². The molecule has 11 nitrogen and oxygen atoms in total. The zero-order valence-electron chi connectivity index (χ0n) is 25.6. The van der Waals surface area contributed by atoms with Gasteiger partial charge in [-0.05, 0) is 49.4 Å². The summed E-state index contributed by atoms with van der Waals surface area (Å²) in [6.45, 7) is 4.95. The first-order valence-corrected chi connectivity index (χ1v) is 15.4. The van der Waals surface area contributed by atoms with Crippen molar-refractivity contribution in [3.05, 3.63) is 69.6 Å². The summed E-state index contributed by atoms with van der Waals surface area (Å²) in [6, 6.07) is 7.79. The van der Waals surface area contributed by atoms with E-state index in [0.29, 0.717) is 42.4 Å². The highest BCUT2D eigenvalue weighted by Gasteiger charge is 2.26. The standard InChI is InChI=1S/C32H40F2N6O5/c1-3-20(2)29-31(44)36-14-7-17-40-25-18-22(11-12-24(25)37-32(40)45)30(43)35-13-6-16-39(15-5-10-26(41)38-29)27(42)19-21-8-4-9-23(33)28(21)34/h4,8-9,11-12,18,20,29H,3,5-7,10,13-17,19H2,1-2H3,(H,35,43)(H,36,44)(H,37,45)(H,38,41)/t20-,29-/m0/s1. The fraction of sp³-hybridized carbons (Fsp3) is 0.469. The maximum absolute atomic E-state index is 14.3. The molecule has 0 unspecified atom stereocenters. The third-order valence-corrected chi connectivity index (χ3v) is 8.16. The van der Waals surface area contributed by atoms with Gasteiger partial charge in [-0.25, -0.2) is 13.6 Å². The summed E-state index contributed by atoms with van der Waals surface area (Å²) in [5.74, 6) is -3.76. The molecule has 0 saturated carbocycles. The van der Waals surface area contributed by atoms with Gasteiger partial charge in [0.25, 0.3) is 5.91 Å². The Hall–Kier alpha value is -4.55. The van der Waals surface area contributed by atoms with Gasteiger partial charge in [-0.2, -0.15) is 0 Å². The minimum absolute atomic E-state index is 0.0388. The number of aromatic nitrogens is 2. The minimum atomic E-state index is -1.08. The van der Waals surface area contributed by atoms with E-state index < -0.39 is 23.6 Å². The molecule has 4 rings (SSSR count). The highest BCUT2D eigenvalue weighted by atomic mass is 19.2. The molecule has 0 aliphatic carbocycles. The van der Waals surface area contributed by atoms with Crippen molar-refractivity contribution < 1.29 is 28.0 Å². The molecular weight excluding hydrogens is 586 g/mol. The molecule has 4 N–H and O–H groups in total. The number of hydrogen-bond donors (Lipinski definition) is 4. The number of imidazole rings is 1. The number of benzene rings is 2. The lowest BCUT2D eigenvalue weighted by Gasteiger charge is -2.25. The van der Waals surface area contributed by atoms with Gasteiger partial charge in [0.05, 0.1) is 17.5 Å². The predicted octanol–water partition coefficient (Wildman–Crippen LogP) is 2.63. The quantitative estimate of drug-likeness (QED) is 0.352. The van der Waals surface area contributed by atoms with Crippen molar-refractivity contribution in [2.75, 3.05) is 26.2 Å². The van der Waals surface area contributed by atoms with Crippen molar-refractivity contribution in [2.45, 2.75) is 65.0 Å². The molecule has 2 bridgehead atoms. The van der Waals surface area contributed by atoms with Crippen molar-refractivity contribution in [2.24, 2.45) is 5.92 Å². The van der Waals surface area contributed by atoms with Gasteiger partial charge in [-0.15, -0.1) is 0 Å². The van der Waals surface area contributed by atoms with Gasteiger partial charge in [-0.1, -0.05) is 32.4 Å². The number of carbonyl (C=O) groups excluding carboxylic acids is 4. The normalized spacial score (nSPS) is 18.5. The molecule has 242 valence electrons. The van der Waals surface area contributed by atoms with Crippen molar-refractivity contribution in [3.63, 3.8) is 0 Å². The van der Waals surface area contributed by atoms with Crippen LogP contribution in [0.15, 0.2) is 41.2 Å². The van der Waals surface area contributed by atoms with Gasteiger partial charge in [-0.3, -0.25) is 23.7 Å². The number of aryl methyl sites for hydroxylation is 1. The minimum Gasteiger partial charge on any atom is -0.354 e. The summed E-state index contributed by atoms with van der Waals surface area (Å²) in [6.07, 6.45) is 1.41. The number of nitrogens with zero attached hydrogens (tertiary/aromatic N) is 2. The average molecular weight is 627 g/mol. The fourth-order valence-electron chi connectivity index (χ4n) is 5.35. The lowest BCUT2D eigenvalue weighted by molar-refractivity contribution is -0.131. The van der Waals surface area contributed by atoms with E-state index in [9.17, 15) is 32.8 Å². The number of nitrogens with one attached hydrogen (secondary N) is 4. The van der Waals surface area contributed by atoms with Crippen LogP contribution in [0.4, 0.5) is 8.78 Å². The van der Waals surface area contributed by atoms with E-state index in [1.54, 1.807) is 18.2 Å². The summed E-state index contributed by atoms with van der Waals surface area (Å²) in [7, 11) is 0. The molecule has 2 atom stereocenters. The van der Waals surface area contributed by atoms with Crippen LogP contribution in [0, 0.1) is 17.6 Å². The number of carbonyl (C=O) groups is 4. The monoisotopic (exact) mass is 626 g/mol. The lowest BCUT2D eigenvalue weighted by atomic mass is 9.98.